The van der Waals surface area contributed by atoms with Gasteiger partial charge in [-0.2, -0.15) is 4.57 Å². The van der Waals surface area contributed by atoms with Crippen molar-refractivity contribution in [3.05, 3.63) is 86.5 Å². The Bertz CT molecular complexity index is 1270. The van der Waals surface area contributed by atoms with E-state index in [1.807, 2.05) is 36.4 Å². The highest BCUT2D eigenvalue weighted by Gasteiger charge is 2.36. The molecule has 0 heterocycles. The summed E-state index contributed by atoms with van der Waals surface area (Å²) >= 11 is 0. The van der Waals surface area contributed by atoms with E-state index >= 15 is 4.57 Å². The molecule has 3 aromatic rings. The van der Waals surface area contributed by atoms with E-state index in [1.54, 1.807) is 0 Å². The van der Waals surface area contributed by atoms with Gasteiger partial charge >= 0.3 is 7.82 Å². The molecule has 0 fully saturated rings. The topological polar surface area (TPSA) is 123 Å². The van der Waals surface area contributed by atoms with Crippen molar-refractivity contribution in [1.29, 1.82) is 0 Å². The summed E-state index contributed by atoms with van der Waals surface area (Å²) in [5.74, 6) is 1.53. The molecule has 0 bridgehead atoms. The summed E-state index contributed by atoms with van der Waals surface area (Å²) in [4.78, 5) is 0. The molecule has 3 rings (SSSR count). The van der Waals surface area contributed by atoms with Crippen LogP contribution in [0.5, 0.6) is 17.2 Å². The predicted molar refractivity (Wildman–Crippen MR) is 183 cm³/mol. The molecule has 0 aromatic heterocycles. The molecule has 3 aromatic carbocycles. The molecule has 7 nitrogen and oxygen atoms in total. The fourth-order valence-electron chi connectivity index (χ4n) is 6.49. The minimum absolute atomic E-state index is 0.510. The van der Waals surface area contributed by atoms with E-state index in [9.17, 15) is 0 Å². The molecule has 0 atom stereocenters. The van der Waals surface area contributed by atoms with Crippen molar-refractivity contribution in [3.8, 4) is 17.2 Å². The molecular weight excluding hydrogens is 569 g/mol. The molecule has 6 N–H and O–H groups in total. The lowest BCUT2D eigenvalue weighted by Gasteiger charge is -2.26. The molecule has 8 heteroatoms. The summed E-state index contributed by atoms with van der Waals surface area (Å²) in [6, 6.07) is 11.7. The first-order chi connectivity index (χ1) is 21.3. The number of nitrogens with two attached hydrogens (primary N) is 3. The summed E-state index contributed by atoms with van der Waals surface area (Å²) in [5, 5.41) is 0. The Labute approximate surface area is 265 Å². The fourth-order valence-corrected chi connectivity index (χ4v) is 7.83. The summed E-state index contributed by atoms with van der Waals surface area (Å²) in [6.45, 7) is 14.3. The third-order valence-corrected chi connectivity index (χ3v) is 9.71. The van der Waals surface area contributed by atoms with Crippen LogP contribution < -0.4 is 30.8 Å². The van der Waals surface area contributed by atoms with Gasteiger partial charge in [0.25, 0.3) is 0 Å². The van der Waals surface area contributed by atoms with Crippen LogP contribution in [0, 0.1) is 0 Å². The van der Waals surface area contributed by atoms with Crippen molar-refractivity contribution in [2.75, 3.05) is 19.6 Å². The van der Waals surface area contributed by atoms with Gasteiger partial charge in [0.2, 0.25) is 0 Å². The first-order valence-corrected chi connectivity index (χ1v) is 17.9. The van der Waals surface area contributed by atoms with Crippen LogP contribution in [0.1, 0.15) is 91.6 Å². The lowest BCUT2D eigenvalue weighted by atomic mass is 9.94. The van der Waals surface area contributed by atoms with Gasteiger partial charge in [0.1, 0.15) is 17.2 Å². The third-order valence-electron chi connectivity index (χ3n) is 8.45. The van der Waals surface area contributed by atoms with Gasteiger partial charge < -0.3 is 30.8 Å². The average Bonchev–Trinajstić information content (AvgIpc) is 3.02. The molecule has 0 saturated heterocycles. The Hall–Kier alpha value is -2.83. The molecule has 242 valence electrons. The van der Waals surface area contributed by atoms with Gasteiger partial charge in [-0.1, -0.05) is 59.7 Å². The van der Waals surface area contributed by atoms with Gasteiger partial charge in [-0.25, -0.2) is 0 Å². The minimum Gasteiger partial charge on any atom is -0.386 e. The monoisotopic (exact) mass is 623 g/mol. The van der Waals surface area contributed by atoms with Crippen molar-refractivity contribution >= 4 is 7.82 Å². The van der Waals surface area contributed by atoms with Gasteiger partial charge in [0, 0.05) is 0 Å². The van der Waals surface area contributed by atoms with Gasteiger partial charge in [-0.3, -0.25) is 0 Å². The maximum absolute atomic E-state index is 15.0. The Morgan fingerprint density at radius 2 is 0.705 bits per heavy atom. The van der Waals surface area contributed by atoms with Crippen LogP contribution in [-0.4, -0.2) is 19.6 Å². The average molecular weight is 624 g/mol. The van der Waals surface area contributed by atoms with Gasteiger partial charge in [0.15, 0.2) is 0 Å². The van der Waals surface area contributed by atoms with Crippen molar-refractivity contribution in [1.82, 2.24) is 0 Å². The Morgan fingerprint density at radius 3 is 0.909 bits per heavy atom. The molecule has 0 aliphatic rings. The largest absolute Gasteiger partial charge is 0.647 e. The summed E-state index contributed by atoms with van der Waals surface area (Å²) in [6.07, 6.45) is 6.86. The molecule has 0 unspecified atom stereocenters. The van der Waals surface area contributed by atoms with Crippen LogP contribution in [0.25, 0.3) is 0 Å². The maximum atomic E-state index is 15.0. The fraction of sp³-hybridized carbons (Fsp3) is 0.500. The predicted octanol–water partition coefficient (Wildman–Crippen LogP) is 7.21. The normalized spacial score (nSPS) is 11.6. The van der Waals surface area contributed by atoms with Crippen LogP contribution in [0.4, 0.5) is 0 Å². The standard InChI is InChI=1S/C36H54N3O4P/c1-7-28-25(19-22-37)13-16-34(31(28)10-4)41-44(40,42-35-17-14-26(20-23-38)29(8-2)32(35)11-5)43-36-18-15-27(21-24-39)30(9-3)33(36)12-6/h13-18H,7-12,19-24,37-39H2,1-6H3. The second kappa shape index (κ2) is 17.0. The van der Waals surface area contributed by atoms with Gasteiger partial charge in [-0.15, -0.1) is 0 Å². The number of hydrogen-bond donors (Lipinski definition) is 3. The lowest BCUT2D eigenvalue weighted by Crippen LogP contribution is -2.14. The number of hydrogen-bond acceptors (Lipinski definition) is 7. The van der Waals surface area contributed by atoms with Crippen molar-refractivity contribution in [2.45, 2.75) is 99.3 Å². The van der Waals surface area contributed by atoms with Crippen LogP contribution in [0.3, 0.4) is 0 Å². The number of rotatable bonds is 18. The van der Waals surface area contributed by atoms with Gasteiger partial charge in [-0.05, 0) is 146 Å². The number of benzene rings is 3. The van der Waals surface area contributed by atoms with E-state index in [0.717, 1.165) is 55.2 Å². The second-order valence-electron chi connectivity index (χ2n) is 11.0. The SMILES string of the molecule is CCc1c(CCN)ccc(OP(=O)(Oc2ccc(CCN)c(CC)c2CC)Oc2ccc(CCN)c(CC)c2CC)c1CC. The molecule has 0 spiro atoms. The van der Waals surface area contributed by atoms with Crippen LogP contribution in [-0.2, 0) is 62.4 Å². The Kier molecular flexibility index (Phi) is 13.8. The van der Waals surface area contributed by atoms with E-state index in [2.05, 4.69) is 41.5 Å². The third kappa shape index (κ3) is 8.06. The zero-order chi connectivity index (χ0) is 32.3. The van der Waals surface area contributed by atoms with E-state index in [1.165, 1.54) is 33.4 Å². The highest BCUT2D eigenvalue weighted by Crippen LogP contribution is 2.53. The van der Waals surface area contributed by atoms with Crippen molar-refractivity contribution in [3.63, 3.8) is 0 Å². The molecule has 0 radical (unpaired) electrons. The van der Waals surface area contributed by atoms with E-state index < -0.39 is 7.82 Å². The summed E-state index contributed by atoms with van der Waals surface area (Å²) in [5.41, 5.74) is 27.8. The molecule has 0 saturated carbocycles. The second-order valence-corrected chi connectivity index (χ2v) is 12.4. The van der Waals surface area contributed by atoms with Crippen molar-refractivity contribution < 1.29 is 18.1 Å². The first kappa shape index (κ1) is 35.6. The summed E-state index contributed by atoms with van der Waals surface area (Å²) < 4.78 is 34.4. The van der Waals surface area contributed by atoms with Crippen LogP contribution in [0.15, 0.2) is 36.4 Å². The van der Waals surface area contributed by atoms with Gasteiger partial charge in [0.05, 0.1) is 0 Å². The maximum Gasteiger partial charge on any atom is 0.647 e. The van der Waals surface area contributed by atoms with E-state index in [-0.39, 0.29) is 0 Å². The Balaban J connectivity index is 2.22. The molecule has 0 aliphatic heterocycles. The number of phosphoric acid groups is 1. The zero-order valence-corrected chi connectivity index (χ0v) is 28.7. The van der Waals surface area contributed by atoms with E-state index in [4.69, 9.17) is 30.8 Å². The molecule has 0 amide bonds. The highest BCUT2D eigenvalue weighted by molar-refractivity contribution is 7.49. The summed E-state index contributed by atoms with van der Waals surface area (Å²) in [7, 11) is -4.26. The molecule has 0 aliphatic carbocycles. The first-order valence-electron chi connectivity index (χ1n) is 16.5. The highest BCUT2D eigenvalue weighted by atomic mass is 31.2. The molecule has 44 heavy (non-hydrogen) atoms. The minimum atomic E-state index is -4.26. The van der Waals surface area contributed by atoms with Crippen molar-refractivity contribution in [2.24, 2.45) is 17.2 Å². The van der Waals surface area contributed by atoms with E-state index in [0.29, 0.717) is 56.1 Å². The Morgan fingerprint density at radius 1 is 0.455 bits per heavy atom. The smallest absolute Gasteiger partial charge is 0.386 e. The van der Waals surface area contributed by atoms with Crippen LogP contribution >= 0.6 is 7.82 Å². The van der Waals surface area contributed by atoms with Crippen LogP contribution in [0.2, 0.25) is 0 Å². The zero-order valence-electron chi connectivity index (χ0n) is 27.8. The number of phosphoric ester groups is 1. The quantitative estimate of drug-likeness (QED) is 0.128. The molecular formula is C36H54N3O4P. The lowest BCUT2D eigenvalue weighted by molar-refractivity contribution is 0.295.